The normalized spacial score (nSPS) is 12.6. The van der Waals surface area contributed by atoms with Crippen LogP contribution in [0.25, 0.3) is 10.9 Å². The Balaban J connectivity index is 1.74. The van der Waals surface area contributed by atoms with Crippen molar-refractivity contribution in [2.45, 2.75) is 18.7 Å². The molecule has 0 aliphatic rings. The van der Waals surface area contributed by atoms with Crippen LogP contribution >= 0.6 is 0 Å². The zero-order valence-corrected chi connectivity index (χ0v) is 17.0. The highest BCUT2D eigenvalue weighted by atomic mass is 32.2. The van der Waals surface area contributed by atoms with Crippen molar-refractivity contribution in [1.29, 1.82) is 0 Å². The van der Waals surface area contributed by atoms with E-state index in [0.29, 0.717) is 0 Å². The monoisotopic (exact) mass is 386 g/mol. The molecule has 5 nitrogen and oxygen atoms in total. The van der Waals surface area contributed by atoms with Crippen molar-refractivity contribution < 1.29 is 12.9 Å². The zero-order valence-electron chi connectivity index (χ0n) is 16.2. The maximum Gasteiger partial charge on any atom is 0.215 e. The molecule has 2 aromatic carbocycles. The largest absolute Gasteiger partial charge is 0.361 e. The fourth-order valence-electron chi connectivity index (χ4n) is 3.39. The Morgan fingerprint density at radius 1 is 1.04 bits per heavy atom. The van der Waals surface area contributed by atoms with Crippen molar-refractivity contribution in [3.8, 4) is 0 Å². The molecule has 0 amide bonds. The summed E-state index contributed by atoms with van der Waals surface area (Å²) in [5.74, 6) is -0.000374. The summed E-state index contributed by atoms with van der Waals surface area (Å²) in [5.41, 5.74) is 4.41. The van der Waals surface area contributed by atoms with Gasteiger partial charge in [0.2, 0.25) is 10.0 Å². The Bertz CT molecular complexity index is 1010. The molecule has 27 heavy (non-hydrogen) atoms. The molecule has 3 aromatic rings. The predicted molar refractivity (Wildman–Crippen MR) is 111 cm³/mol. The van der Waals surface area contributed by atoms with E-state index in [9.17, 15) is 8.42 Å². The first-order valence-corrected chi connectivity index (χ1v) is 10.8. The third kappa shape index (κ3) is 5.19. The summed E-state index contributed by atoms with van der Waals surface area (Å²) in [6.07, 6.45) is 2.98. The highest BCUT2D eigenvalue weighted by molar-refractivity contribution is 7.88. The van der Waals surface area contributed by atoms with E-state index in [4.69, 9.17) is 0 Å². The van der Waals surface area contributed by atoms with Gasteiger partial charge in [0.25, 0.3) is 0 Å². The van der Waals surface area contributed by atoms with E-state index in [-0.39, 0.29) is 5.75 Å². The first-order valence-electron chi connectivity index (χ1n) is 9.14. The third-order valence-electron chi connectivity index (χ3n) is 4.94. The summed E-state index contributed by atoms with van der Waals surface area (Å²) in [7, 11) is 2.66. The Morgan fingerprint density at radius 2 is 1.78 bits per heavy atom. The number of rotatable bonds is 8. The van der Waals surface area contributed by atoms with Gasteiger partial charge in [0.1, 0.15) is 6.54 Å². The van der Waals surface area contributed by atoms with E-state index >= 15 is 0 Å². The van der Waals surface area contributed by atoms with Gasteiger partial charge in [-0.3, -0.25) is 0 Å². The smallest absolute Gasteiger partial charge is 0.215 e. The van der Waals surface area contributed by atoms with Crippen molar-refractivity contribution in [1.82, 2.24) is 9.71 Å². The SMILES string of the molecule is CNS(=O)(=O)Cc1ccc2[nH]cc(CC[N+](C)(C)Cc3ccccc3)c2c1. The van der Waals surface area contributed by atoms with Crippen LogP contribution in [0.1, 0.15) is 16.7 Å². The van der Waals surface area contributed by atoms with Gasteiger partial charge in [0, 0.05) is 29.1 Å². The molecule has 1 heterocycles. The summed E-state index contributed by atoms with van der Waals surface area (Å²) in [4.78, 5) is 3.31. The van der Waals surface area contributed by atoms with Crippen molar-refractivity contribution in [3.05, 3.63) is 71.4 Å². The fraction of sp³-hybridized carbons (Fsp3) is 0.333. The van der Waals surface area contributed by atoms with Gasteiger partial charge in [-0.2, -0.15) is 0 Å². The first-order chi connectivity index (χ1) is 12.8. The number of hydrogen-bond acceptors (Lipinski definition) is 2. The van der Waals surface area contributed by atoms with E-state index in [1.54, 1.807) is 0 Å². The molecule has 0 fully saturated rings. The molecule has 0 radical (unpaired) electrons. The molecule has 0 saturated heterocycles. The van der Waals surface area contributed by atoms with Crippen molar-refractivity contribution in [3.63, 3.8) is 0 Å². The minimum atomic E-state index is -3.27. The van der Waals surface area contributed by atoms with Gasteiger partial charge in [-0.05, 0) is 30.3 Å². The van der Waals surface area contributed by atoms with Gasteiger partial charge in [-0.1, -0.05) is 36.4 Å². The third-order valence-corrected chi connectivity index (χ3v) is 6.27. The van der Waals surface area contributed by atoms with Crippen LogP contribution in [-0.2, 0) is 28.7 Å². The van der Waals surface area contributed by atoms with Crippen LogP contribution in [-0.4, -0.2) is 45.6 Å². The number of sulfonamides is 1. The van der Waals surface area contributed by atoms with Gasteiger partial charge in [0.15, 0.2) is 0 Å². The maximum atomic E-state index is 11.8. The number of likely N-dealkylation sites (N-methyl/N-ethyl adjacent to an activating group) is 1. The van der Waals surface area contributed by atoms with Gasteiger partial charge >= 0.3 is 0 Å². The van der Waals surface area contributed by atoms with Crippen LogP contribution in [0.3, 0.4) is 0 Å². The summed E-state index contributed by atoms with van der Waals surface area (Å²) >= 11 is 0. The van der Waals surface area contributed by atoms with Crippen LogP contribution in [0.5, 0.6) is 0 Å². The molecule has 0 saturated carbocycles. The van der Waals surface area contributed by atoms with Gasteiger partial charge in [-0.25, -0.2) is 13.1 Å². The molecule has 0 aliphatic heterocycles. The Labute approximate surface area is 161 Å². The molecule has 3 rings (SSSR count). The second-order valence-electron chi connectivity index (χ2n) is 7.71. The Kier molecular flexibility index (Phi) is 5.69. The van der Waals surface area contributed by atoms with Crippen LogP contribution in [0.4, 0.5) is 0 Å². The van der Waals surface area contributed by atoms with Gasteiger partial charge in [0.05, 0.1) is 26.4 Å². The highest BCUT2D eigenvalue weighted by Crippen LogP contribution is 2.22. The van der Waals surface area contributed by atoms with Crippen LogP contribution in [0.2, 0.25) is 0 Å². The predicted octanol–water partition coefficient (Wildman–Crippen LogP) is 3.04. The first kappa shape index (κ1) is 19.6. The van der Waals surface area contributed by atoms with Crippen LogP contribution in [0.15, 0.2) is 54.7 Å². The summed E-state index contributed by atoms with van der Waals surface area (Å²) < 4.78 is 26.9. The number of benzene rings is 2. The van der Waals surface area contributed by atoms with E-state index in [1.165, 1.54) is 18.2 Å². The molecule has 2 N–H and O–H groups in total. The van der Waals surface area contributed by atoms with Crippen molar-refractivity contribution >= 4 is 20.9 Å². The number of nitrogens with zero attached hydrogens (tertiary/aromatic N) is 1. The van der Waals surface area contributed by atoms with Gasteiger partial charge in [-0.15, -0.1) is 0 Å². The molecular weight excluding hydrogens is 358 g/mol. The number of H-pyrrole nitrogens is 1. The standard InChI is InChI=1S/C21H28N3O2S/c1-22-27(25,26)16-18-9-10-21-20(13-18)19(14-23-21)11-12-24(2,3)15-17-7-5-4-6-8-17/h4-10,13-14,22-23H,11-12,15-16H2,1-3H3/q+1. The fourth-order valence-corrected chi connectivity index (χ4v) is 4.16. The lowest BCUT2D eigenvalue weighted by Gasteiger charge is -2.30. The molecule has 0 bridgehead atoms. The molecule has 0 spiro atoms. The molecule has 144 valence electrons. The molecule has 1 aromatic heterocycles. The lowest BCUT2D eigenvalue weighted by molar-refractivity contribution is -0.903. The number of aromatic amines is 1. The number of nitrogens with one attached hydrogen (secondary N) is 2. The number of fused-ring (bicyclic) bond motifs is 1. The molecule has 6 heteroatoms. The molecule has 0 atom stereocenters. The average Bonchev–Trinajstić information content (AvgIpc) is 3.03. The minimum absolute atomic E-state index is 0.000374. The van der Waals surface area contributed by atoms with E-state index in [0.717, 1.165) is 40.5 Å². The highest BCUT2D eigenvalue weighted by Gasteiger charge is 2.17. The van der Waals surface area contributed by atoms with Gasteiger partial charge < -0.3 is 9.47 Å². The van der Waals surface area contributed by atoms with Crippen molar-refractivity contribution in [2.24, 2.45) is 0 Å². The average molecular weight is 387 g/mol. The number of hydrogen-bond donors (Lipinski definition) is 2. The van der Waals surface area contributed by atoms with Crippen LogP contribution < -0.4 is 4.72 Å². The quantitative estimate of drug-likeness (QED) is 0.585. The topological polar surface area (TPSA) is 62.0 Å². The van der Waals surface area contributed by atoms with E-state index < -0.39 is 10.0 Å². The Hall–Kier alpha value is -2.15. The second-order valence-corrected chi connectivity index (χ2v) is 9.64. The number of aromatic nitrogens is 1. The lowest BCUT2D eigenvalue weighted by atomic mass is 10.1. The summed E-state index contributed by atoms with van der Waals surface area (Å²) in [5, 5.41) is 1.11. The van der Waals surface area contributed by atoms with Crippen molar-refractivity contribution in [2.75, 3.05) is 27.7 Å². The summed E-state index contributed by atoms with van der Waals surface area (Å²) in [6, 6.07) is 16.4. The minimum Gasteiger partial charge on any atom is -0.361 e. The van der Waals surface area contributed by atoms with E-state index in [2.05, 4.69) is 48.1 Å². The molecule has 0 aliphatic carbocycles. The van der Waals surface area contributed by atoms with E-state index in [1.807, 2.05) is 30.5 Å². The van der Waals surface area contributed by atoms with Crippen LogP contribution in [0, 0.1) is 0 Å². The maximum absolute atomic E-state index is 11.8. The number of quaternary nitrogens is 1. The second kappa shape index (κ2) is 7.84. The summed E-state index contributed by atoms with van der Waals surface area (Å²) in [6.45, 7) is 1.98. The Morgan fingerprint density at radius 3 is 2.48 bits per heavy atom. The molecular formula is C21H28N3O2S+. The zero-order chi connectivity index (χ0) is 19.5. The molecule has 0 unspecified atom stereocenters. The lowest BCUT2D eigenvalue weighted by Crippen LogP contribution is -2.40.